The summed E-state index contributed by atoms with van der Waals surface area (Å²) in [4.78, 5) is 7.96. The van der Waals surface area contributed by atoms with E-state index in [1.807, 2.05) is 12.1 Å². The summed E-state index contributed by atoms with van der Waals surface area (Å²) in [6.07, 6.45) is 3.21. The minimum atomic E-state index is 0.601. The molecule has 84 valence electrons. The van der Waals surface area contributed by atoms with Crippen LogP contribution in [0.25, 0.3) is 0 Å². The maximum absolute atomic E-state index is 8.85. The van der Waals surface area contributed by atoms with Crippen molar-refractivity contribution in [2.24, 2.45) is 0 Å². The molecule has 1 N–H and O–H groups in total. The second kappa shape index (κ2) is 5.41. The van der Waals surface area contributed by atoms with Crippen LogP contribution in [0.2, 0.25) is 0 Å². The van der Waals surface area contributed by atoms with Crippen molar-refractivity contribution in [3.05, 3.63) is 52.5 Å². The highest BCUT2D eigenvalue weighted by Crippen LogP contribution is 2.19. The summed E-state index contributed by atoms with van der Waals surface area (Å²) < 4.78 is 0.877. The lowest BCUT2D eigenvalue weighted by molar-refractivity contribution is 1.01. The number of aromatic nitrogens is 2. The number of halogens is 1. The van der Waals surface area contributed by atoms with Gasteiger partial charge in [-0.05, 0) is 24.3 Å². The molecule has 17 heavy (non-hydrogen) atoms. The fraction of sp³-hybridized carbons (Fsp3) is 0.0833. The summed E-state index contributed by atoms with van der Waals surface area (Å²) in [5, 5.41) is 12.1. The Balaban J connectivity index is 2.10. The van der Waals surface area contributed by atoms with Crippen LogP contribution in [0.15, 0.2) is 41.3 Å². The lowest BCUT2D eigenvalue weighted by Gasteiger charge is -2.06. The Morgan fingerprint density at radius 1 is 1.35 bits per heavy atom. The molecule has 2 rings (SSSR count). The molecule has 0 bridgehead atoms. The molecule has 4 nitrogen and oxygen atoms in total. The van der Waals surface area contributed by atoms with Crippen LogP contribution in [0.1, 0.15) is 11.3 Å². The third-order valence-electron chi connectivity index (χ3n) is 2.14. The quantitative estimate of drug-likeness (QED) is 0.943. The van der Waals surface area contributed by atoms with Crippen LogP contribution in [0.4, 0.5) is 5.69 Å². The van der Waals surface area contributed by atoms with Crippen LogP contribution in [0.5, 0.6) is 0 Å². The molecule has 2 aromatic rings. The van der Waals surface area contributed by atoms with E-state index in [9.17, 15) is 0 Å². The predicted octanol–water partition coefficient (Wildman–Crippen LogP) is 2.72. The molecular formula is C12H9BrN4. The first-order chi connectivity index (χ1) is 8.28. The van der Waals surface area contributed by atoms with Gasteiger partial charge in [0.1, 0.15) is 6.33 Å². The van der Waals surface area contributed by atoms with Gasteiger partial charge < -0.3 is 5.32 Å². The SMILES string of the molecule is N#Cc1cc(Br)cc(NCc2ccncn2)c1. The molecule has 0 aliphatic rings. The van der Waals surface area contributed by atoms with Gasteiger partial charge in [0.05, 0.1) is 23.9 Å². The van der Waals surface area contributed by atoms with Crippen LogP contribution in [-0.4, -0.2) is 9.97 Å². The van der Waals surface area contributed by atoms with E-state index in [2.05, 4.69) is 37.3 Å². The summed E-state index contributed by atoms with van der Waals surface area (Å²) in [7, 11) is 0. The van der Waals surface area contributed by atoms with Gasteiger partial charge in [0.15, 0.2) is 0 Å². The number of nitrogens with one attached hydrogen (secondary N) is 1. The zero-order valence-corrected chi connectivity index (χ0v) is 10.5. The zero-order valence-electron chi connectivity index (χ0n) is 8.89. The Hall–Kier alpha value is -1.93. The van der Waals surface area contributed by atoms with Gasteiger partial charge in [0.25, 0.3) is 0 Å². The average Bonchev–Trinajstić information content (AvgIpc) is 2.37. The lowest BCUT2D eigenvalue weighted by atomic mass is 10.2. The summed E-state index contributed by atoms with van der Waals surface area (Å²) in [5.74, 6) is 0. The van der Waals surface area contributed by atoms with E-state index in [0.29, 0.717) is 12.1 Å². The molecule has 0 unspecified atom stereocenters. The summed E-state index contributed by atoms with van der Waals surface area (Å²) in [6.45, 7) is 0.601. The fourth-order valence-electron chi connectivity index (χ4n) is 1.37. The number of benzene rings is 1. The third kappa shape index (κ3) is 3.26. The smallest absolute Gasteiger partial charge is 0.115 e. The monoisotopic (exact) mass is 288 g/mol. The lowest BCUT2D eigenvalue weighted by Crippen LogP contribution is -2.01. The largest absolute Gasteiger partial charge is 0.379 e. The van der Waals surface area contributed by atoms with Crippen molar-refractivity contribution in [2.45, 2.75) is 6.54 Å². The van der Waals surface area contributed by atoms with E-state index >= 15 is 0 Å². The standard InChI is InChI=1S/C12H9BrN4/c13-10-3-9(6-14)4-12(5-10)16-7-11-1-2-15-8-17-11/h1-5,8,16H,7H2. The highest BCUT2D eigenvalue weighted by Gasteiger charge is 1.99. The number of nitrogens with zero attached hydrogens (tertiary/aromatic N) is 3. The maximum atomic E-state index is 8.85. The van der Waals surface area contributed by atoms with Gasteiger partial charge in [-0.3, -0.25) is 0 Å². The zero-order chi connectivity index (χ0) is 12.1. The maximum Gasteiger partial charge on any atom is 0.115 e. The van der Waals surface area contributed by atoms with Crippen LogP contribution >= 0.6 is 15.9 Å². The van der Waals surface area contributed by atoms with Gasteiger partial charge in [0, 0.05) is 16.4 Å². The second-order valence-electron chi connectivity index (χ2n) is 3.39. The molecule has 0 fully saturated rings. The Morgan fingerprint density at radius 3 is 2.94 bits per heavy atom. The van der Waals surface area contributed by atoms with Gasteiger partial charge in [-0.1, -0.05) is 15.9 Å². The van der Waals surface area contributed by atoms with Crippen LogP contribution in [-0.2, 0) is 6.54 Å². The van der Waals surface area contributed by atoms with Gasteiger partial charge >= 0.3 is 0 Å². The molecular weight excluding hydrogens is 280 g/mol. The summed E-state index contributed by atoms with van der Waals surface area (Å²) in [6, 6.07) is 9.44. The first-order valence-corrected chi connectivity index (χ1v) is 5.76. The summed E-state index contributed by atoms with van der Waals surface area (Å²) in [5.41, 5.74) is 2.40. The van der Waals surface area contributed by atoms with Crippen molar-refractivity contribution < 1.29 is 0 Å². The minimum Gasteiger partial charge on any atom is -0.379 e. The molecule has 0 spiro atoms. The van der Waals surface area contributed by atoms with Crippen molar-refractivity contribution >= 4 is 21.6 Å². The van der Waals surface area contributed by atoms with Gasteiger partial charge in [0.2, 0.25) is 0 Å². The van der Waals surface area contributed by atoms with E-state index in [4.69, 9.17) is 5.26 Å². The third-order valence-corrected chi connectivity index (χ3v) is 2.60. The van der Waals surface area contributed by atoms with E-state index in [0.717, 1.165) is 15.9 Å². The van der Waals surface area contributed by atoms with Crippen LogP contribution in [0, 0.1) is 11.3 Å². The highest BCUT2D eigenvalue weighted by atomic mass is 79.9. The van der Waals surface area contributed by atoms with E-state index in [1.54, 1.807) is 18.3 Å². The van der Waals surface area contributed by atoms with Crippen LogP contribution < -0.4 is 5.32 Å². The molecule has 0 radical (unpaired) electrons. The van der Waals surface area contributed by atoms with Gasteiger partial charge in [-0.15, -0.1) is 0 Å². The van der Waals surface area contributed by atoms with Crippen molar-refractivity contribution in [3.8, 4) is 6.07 Å². The molecule has 0 aliphatic carbocycles. The van der Waals surface area contributed by atoms with Crippen molar-refractivity contribution in [3.63, 3.8) is 0 Å². The van der Waals surface area contributed by atoms with E-state index in [1.165, 1.54) is 6.33 Å². The van der Waals surface area contributed by atoms with Gasteiger partial charge in [-0.25, -0.2) is 9.97 Å². The van der Waals surface area contributed by atoms with Crippen LogP contribution in [0.3, 0.4) is 0 Å². The normalized spacial score (nSPS) is 9.65. The summed E-state index contributed by atoms with van der Waals surface area (Å²) >= 11 is 3.36. The van der Waals surface area contributed by atoms with E-state index < -0.39 is 0 Å². The first kappa shape index (κ1) is 11.6. The van der Waals surface area contributed by atoms with Crippen molar-refractivity contribution in [1.82, 2.24) is 9.97 Å². The Labute approximate surface area is 107 Å². The minimum absolute atomic E-state index is 0.601. The molecule has 1 aromatic carbocycles. The molecule has 0 saturated carbocycles. The highest BCUT2D eigenvalue weighted by molar-refractivity contribution is 9.10. The van der Waals surface area contributed by atoms with E-state index in [-0.39, 0.29) is 0 Å². The molecule has 5 heteroatoms. The number of rotatable bonds is 3. The number of anilines is 1. The van der Waals surface area contributed by atoms with Crippen molar-refractivity contribution in [1.29, 1.82) is 5.26 Å². The van der Waals surface area contributed by atoms with Crippen molar-refractivity contribution in [2.75, 3.05) is 5.32 Å². The Bertz CT molecular complexity index is 548. The topological polar surface area (TPSA) is 61.6 Å². The van der Waals surface area contributed by atoms with Gasteiger partial charge in [-0.2, -0.15) is 5.26 Å². The number of hydrogen-bond acceptors (Lipinski definition) is 4. The molecule has 1 aromatic heterocycles. The average molecular weight is 289 g/mol. The molecule has 0 aliphatic heterocycles. The molecule has 0 saturated heterocycles. The molecule has 0 atom stereocenters. The Kier molecular flexibility index (Phi) is 3.68. The second-order valence-corrected chi connectivity index (χ2v) is 4.31. The number of nitriles is 1. The predicted molar refractivity (Wildman–Crippen MR) is 68.2 cm³/mol. The molecule has 0 amide bonds. The first-order valence-electron chi connectivity index (χ1n) is 4.97. The fourth-order valence-corrected chi connectivity index (χ4v) is 1.86. The number of hydrogen-bond donors (Lipinski definition) is 1. The molecule has 1 heterocycles. The Morgan fingerprint density at radius 2 is 2.24 bits per heavy atom.